The predicted octanol–water partition coefficient (Wildman–Crippen LogP) is 5.02. The third-order valence-corrected chi connectivity index (χ3v) is 6.32. The van der Waals surface area contributed by atoms with E-state index in [2.05, 4.69) is 0 Å². The van der Waals surface area contributed by atoms with Gasteiger partial charge in [-0.2, -0.15) is 0 Å². The highest BCUT2D eigenvalue weighted by molar-refractivity contribution is 6.36. The Balaban J connectivity index is 1.38. The number of halogens is 2. The summed E-state index contributed by atoms with van der Waals surface area (Å²) in [4.78, 5) is 27.1. The molecule has 2 aliphatic rings. The molecule has 2 heterocycles. The highest BCUT2D eigenvalue weighted by Crippen LogP contribution is 2.44. The minimum atomic E-state index is -0.632. The molecule has 2 aromatic carbocycles. The maximum absolute atomic E-state index is 12.7. The molecule has 0 N–H and O–H groups in total. The lowest BCUT2D eigenvalue weighted by Crippen LogP contribution is -2.53. The molecule has 0 radical (unpaired) electrons. The Morgan fingerprint density at radius 3 is 2.60 bits per heavy atom. The van der Waals surface area contributed by atoms with E-state index in [1.807, 2.05) is 32.0 Å². The fourth-order valence-electron chi connectivity index (χ4n) is 4.15. The molecule has 0 aromatic heterocycles. The van der Waals surface area contributed by atoms with Crippen molar-refractivity contribution in [3.63, 3.8) is 0 Å². The van der Waals surface area contributed by atoms with Crippen molar-refractivity contribution in [2.75, 3.05) is 19.7 Å². The number of nitrogens with zero attached hydrogens (tertiary/aromatic N) is 1. The van der Waals surface area contributed by atoms with Crippen LogP contribution >= 0.6 is 23.2 Å². The van der Waals surface area contributed by atoms with Gasteiger partial charge in [0.1, 0.15) is 17.1 Å². The first-order chi connectivity index (χ1) is 14.3. The van der Waals surface area contributed by atoms with Gasteiger partial charge in [0.15, 0.2) is 12.4 Å². The predicted molar refractivity (Wildman–Crippen MR) is 116 cm³/mol. The van der Waals surface area contributed by atoms with E-state index < -0.39 is 5.60 Å². The topological polar surface area (TPSA) is 55.8 Å². The van der Waals surface area contributed by atoms with E-state index in [1.165, 1.54) is 0 Å². The minimum absolute atomic E-state index is 0.0101. The quantitative estimate of drug-likeness (QED) is 0.662. The normalized spacial score (nSPS) is 17.5. The average Bonchev–Trinajstić information content (AvgIpc) is 2.69. The minimum Gasteiger partial charge on any atom is -0.484 e. The van der Waals surface area contributed by atoms with Crippen LogP contribution in [0.2, 0.25) is 10.0 Å². The average molecular weight is 448 g/mol. The fourth-order valence-corrected chi connectivity index (χ4v) is 4.68. The molecular weight excluding hydrogens is 425 g/mol. The van der Waals surface area contributed by atoms with Gasteiger partial charge >= 0.3 is 0 Å². The van der Waals surface area contributed by atoms with Crippen molar-refractivity contribution in [1.82, 2.24) is 4.90 Å². The summed E-state index contributed by atoms with van der Waals surface area (Å²) in [7, 11) is 0. The number of aryl methyl sites for hydroxylation is 2. The van der Waals surface area contributed by atoms with E-state index in [1.54, 1.807) is 17.0 Å². The second-order valence-electron chi connectivity index (χ2n) is 8.09. The molecule has 2 aliphatic heterocycles. The van der Waals surface area contributed by atoms with E-state index in [9.17, 15) is 9.59 Å². The largest absolute Gasteiger partial charge is 0.484 e. The van der Waals surface area contributed by atoms with Gasteiger partial charge in [-0.05, 0) is 37.6 Å². The van der Waals surface area contributed by atoms with Crippen LogP contribution in [0.3, 0.4) is 0 Å². The number of Topliss-reactive ketones (excluding diaryl/α,β-unsaturated/α-hetero) is 1. The number of amides is 1. The van der Waals surface area contributed by atoms with E-state index in [4.69, 9.17) is 32.7 Å². The molecular formula is C23H23Cl2NO4. The Labute approximate surface area is 185 Å². The number of ketones is 1. The SMILES string of the molecule is Cc1ccc(OCC(=O)N2CCC3(CC2)CC(=O)c2cc(Cl)cc(Cl)c2O3)c(C)c1. The first-order valence-corrected chi connectivity index (χ1v) is 10.7. The Bertz CT molecular complexity index is 1010. The molecule has 30 heavy (non-hydrogen) atoms. The zero-order chi connectivity index (χ0) is 21.5. The highest BCUT2D eigenvalue weighted by atomic mass is 35.5. The van der Waals surface area contributed by atoms with Crippen LogP contribution in [0.1, 0.15) is 40.7 Å². The molecule has 0 atom stereocenters. The summed E-state index contributed by atoms with van der Waals surface area (Å²) in [5, 5.41) is 0.751. The number of carbonyl (C=O) groups is 2. The van der Waals surface area contributed by atoms with E-state index in [-0.39, 0.29) is 24.7 Å². The van der Waals surface area contributed by atoms with Crippen LogP contribution in [0.4, 0.5) is 0 Å². The third kappa shape index (κ3) is 4.14. The van der Waals surface area contributed by atoms with Crippen molar-refractivity contribution in [2.45, 2.75) is 38.7 Å². The lowest BCUT2D eigenvalue weighted by atomic mass is 9.82. The molecule has 7 heteroatoms. The van der Waals surface area contributed by atoms with Gasteiger partial charge in [-0.15, -0.1) is 0 Å². The summed E-state index contributed by atoms with van der Waals surface area (Å²) >= 11 is 12.3. The van der Waals surface area contributed by atoms with Gasteiger partial charge in [0.05, 0.1) is 17.0 Å². The standard InChI is InChI=1S/C23H23Cl2NO4/c1-14-3-4-20(15(2)9-14)29-13-21(28)26-7-5-23(6-8-26)12-19(27)17-10-16(24)11-18(25)22(17)30-23/h3-4,9-11H,5-8,12-13H2,1-2H3. The smallest absolute Gasteiger partial charge is 0.260 e. The second kappa shape index (κ2) is 8.12. The van der Waals surface area contributed by atoms with Crippen LogP contribution in [0.5, 0.6) is 11.5 Å². The summed E-state index contributed by atoms with van der Waals surface area (Å²) in [6.07, 6.45) is 1.39. The lowest BCUT2D eigenvalue weighted by Gasteiger charge is -2.44. The first kappa shape index (κ1) is 21.0. The van der Waals surface area contributed by atoms with Crippen molar-refractivity contribution in [1.29, 1.82) is 0 Å². The molecule has 0 saturated carbocycles. The van der Waals surface area contributed by atoms with Crippen molar-refractivity contribution < 1.29 is 19.1 Å². The van der Waals surface area contributed by atoms with Crippen molar-refractivity contribution in [3.05, 3.63) is 57.1 Å². The number of piperidine rings is 1. The van der Waals surface area contributed by atoms with Gasteiger partial charge in [-0.1, -0.05) is 40.9 Å². The third-order valence-electron chi connectivity index (χ3n) is 5.82. The molecule has 1 spiro atoms. The number of ether oxygens (including phenoxy) is 2. The molecule has 158 valence electrons. The van der Waals surface area contributed by atoms with Crippen LogP contribution in [-0.2, 0) is 4.79 Å². The Hall–Kier alpha value is -2.24. The summed E-state index contributed by atoms with van der Waals surface area (Å²) in [6, 6.07) is 9.06. The summed E-state index contributed by atoms with van der Waals surface area (Å²) in [5.41, 5.74) is 1.95. The number of benzene rings is 2. The highest BCUT2D eigenvalue weighted by Gasteiger charge is 2.44. The van der Waals surface area contributed by atoms with Crippen molar-refractivity contribution in [2.24, 2.45) is 0 Å². The number of likely N-dealkylation sites (tertiary alicyclic amines) is 1. The van der Waals surface area contributed by atoms with Gasteiger partial charge in [-0.3, -0.25) is 9.59 Å². The maximum atomic E-state index is 12.7. The molecule has 1 saturated heterocycles. The zero-order valence-corrected chi connectivity index (χ0v) is 18.5. The van der Waals surface area contributed by atoms with Crippen LogP contribution in [0.15, 0.2) is 30.3 Å². The number of rotatable bonds is 3. The fraction of sp³-hybridized carbons (Fsp3) is 0.391. The monoisotopic (exact) mass is 447 g/mol. The Morgan fingerprint density at radius 1 is 1.17 bits per heavy atom. The summed E-state index contributed by atoms with van der Waals surface area (Å²) in [5.74, 6) is 1.01. The summed E-state index contributed by atoms with van der Waals surface area (Å²) < 4.78 is 11.9. The van der Waals surface area contributed by atoms with Crippen molar-refractivity contribution >= 4 is 34.9 Å². The second-order valence-corrected chi connectivity index (χ2v) is 8.93. The van der Waals surface area contributed by atoms with E-state index in [0.29, 0.717) is 53.0 Å². The lowest BCUT2D eigenvalue weighted by molar-refractivity contribution is -0.136. The number of hydrogen-bond donors (Lipinski definition) is 0. The zero-order valence-electron chi connectivity index (χ0n) is 17.0. The molecule has 0 bridgehead atoms. The molecule has 2 aromatic rings. The number of carbonyl (C=O) groups excluding carboxylic acids is 2. The molecule has 0 aliphatic carbocycles. The van der Waals surface area contributed by atoms with Crippen LogP contribution < -0.4 is 9.47 Å². The van der Waals surface area contributed by atoms with E-state index >= 15 is 0 Å². The van der Waals surface area contributed by atoms with Crippen LogP contribution in [0, 0.1) is 13.8 Å². The molecule has 4 rings (SSSR count). The Morgan fingerprint density at radius 2 is 1.90 bits per heavy atom. The molecule has 5 nitrogen and oxygen atoms in total. The number of hydrogen-bond acceptors (Lipinski definition) is 4. The van der Waals surface area contributed by atoms with Gasteiger partial charge in [-0.25, -0.2) is 0 Å². The molecule has 1 fully saturated rings. The van der Waals surface area contributed by atoms with Crippen LogP contribution in [0.25, 0.3) is 0 Å². The summed E-state index contributed by atoms with van der Waals surface area (Å²) in [6.45, 7) is 4.98. The van der Waals surface area contributed by atoms with Gasteiger partial charge in [0.2, 0.25) is 0 Å². The van der Waals surface area contributed by atoms with Gasteiger partial charge in [0, 0.05) is 31.0 Å². The number of fused-ring (bicyclic) bond motifs is 1. The van der Waals surface area contributed by atoms with Crippen molar-refractivity contribution in [3.8, 4) is 11.5 Å². The maximum Gasteiger partial charge on any atom is 0.260 e. The van der Waals surface area contributed by atoms with Crippen LogP contribution in [-0.4, -0.2) is 41.9 Å². The van der Waals surface area contributed by atoms with Gasteiger partial charge < -0.3 is 14.4 Å². The molecule has 0 unspecified atom stereocenters. The van der Waals surface area contributed by atoms with Gasteiger partial charge in [0.25, 0.3) is 5.91 Å². The molecule has 1 amide bonds. The Kier molecular flexibility index (Phi) is 5.69. The first-order valence-electron chi connectivity index (χ1n) is 9.95. The van der Waals surface area contributed by atoms with E-state index in [0.717, 1.165) is 11.1 Å².